The number of carbonyl (C=O) groups is 2. The fourth-order valence-corrected chi connectivity index (χ4v) is 1.96. The van der Waals surface area contributed by atoms with Crippen molar-refractivity contribution in [3.8, 4) is 0 Å². The molecule has 0 aliphatic rings. The number of carbonyl (C=O) groups excluding carboxylic acids is 2. The first-order valence-electron chi connectivity index (χ1n) is 7.47. The van der Waals surface area contributed by atoms with Gasteiger partial charge in [-0.05, 0) is 24.3 Å². The Balaban J connectivity index is 1.62. The van der Waals surface area contributed by atoms with Gasteiger partial charge in [0.1, 0.15) is 12.0 Å². The lowest BCUT2D eigenvalue weighted by Crippen LogP contribution is -2.32. The van der Waals surface area contributed by atoms with Crippen LogP contribution in [-0.2, 0) is 0 Å². The largest absolute Gasteiger partial charge is 0.459 e. The second kappa shape index (κ2) is 7.66. The third-order valence-electron chi connectivity index (χ3n) is 3.25. The highest BCUT2D eigenvalue weighted by Crippen LogP contribution is 2.21. The van der Waals surface area contributed by atoms with Gasteiger partial charge in [-0.1, -0.05) is 18.2 Å². The summed E-state index contributed by atoms with van der Waals surface area (Å²) in [6.07, 6.45) is 2.60. The highest BCUT2D eigenvalue weighted by atomic mass is 16.3. The minimum Gasteiger partial charge on any atom is -0.459 e. The van der Waals surface area contributed by atoms with Gasteiger partial charge in [0.2, 0.25) is 0 Å². The van der Waals surface area contributed by atoms with Crippen molar-refractivity contribution in [1.82, 2.24) is 20.8 Å². The number of hydrazine groups is 2. The van der Waals surface area contributed by atoms with Crippen LogP contribution in [0.3, 0.4) is 0 Å². The first kappa shape index (κ1) is 16.8. The van der Waals surface area contributed by atoms with E-state index < -0.39 is 5.91 Å². The monoisotopic (exact) mass is 353 g/mol. The maximum absolute atomic E-state index is 12.0. The van der Waals surface area contributed by atoms with Crippen LogP contribution in [0.2, 0.25) is 0 Å². The molecule has 6 N–H and O–H groups in total. The van der Waals surface area contributed by atoms with Crippen molar-refractivity contribution in [2.45, 2.75) is 0 Å². The fourth-order valence-electron chi connectivity index (χ4n) is 1.96. The minimum atomic E-state index is -0.500. The molecule has 10 heteroatoms. The second-order valence-electron chi connectivity index (χ2n) is 4.99. The van der Waals surface area contributed by atoms with Gasteiger partial charge in [0.15, 0.2) is 17.4 Å². The second-order valence-corrected chi connectivity index (χ2v) is 4.99. The van der Waals surface area contributed by atoms with E-state index in [9.17, 15) is 9.59 Å². The molecule has 3 rings (SSSR count). The molecule has 0 radical (unpaired) electrons. The number of nitrogens with zero attached hydrogens (tertiary/aromatic N) is 2. The number of rotatable bonds is 6. The molecule has 0 spiro atoms. The molecule has 0 aliphatic heterocycles. The van der Waals surface area contributed by atoms with Crippen molar-refractivity contribution in [3.63, 3.8) is 0 Å². The van der Waals surface area contributed by atoms with Crippen LogP contribution < -0.4 is 27.4 Å². The molecule has 10 nitrogen and oxygen atoms in total. The van der Waals surface area contributed by atoms with Gasteiger partial charge >= 0.3 is 5.91 Å². The number of hydrogen-bond acceptors (Lipinski definition) is 8. The Morgan fingerprint density at radius 1 is 0.885 bits per heavy atom. The molecular weight excluding hydrogens is 338 g/mol. The van der Waals surface area contributed by atoms with E-state index in [-0.39, 0.29) is 29.0 Å². The summed E-state index contributed by atoms with van der Waals surface area (Å²) < 4.78 is 4.97. The van der Waals surface area contributed by atoms with Crippen LogP contribution in [0, 0.1) is 0 Å². The molecular formula is C16H15N7O3. The summed E-state index contributed by atoms with van der Waals surface area (Å²) >= 11 is 0. The summed E-state index contributed by atoms with van der Waals surface area (Å²) in [7, 11) is 0. The van der Waals surface area contributed by atoms with E-state index in [0.717, 1.165) is 0 Å². The fraction of sp³-hybridized carbons (Fsp3) is 0. The predicted molar refractivity (Wildman–Crippen MR) is 93.8 cm³/mol. The van der Waals surface area contributed by atoms with E-state index in [4.69, 9.17) is 10.2 Å². The van der Waals surface area contributed by atoms with Gasteiger partial charge in [-0.15, -0.1) is 0 Å². The first-order chi connectivity index (χ1) is 12.6. The summed E-state index contributed by atoms with van der Waals surface area (Å²) in [5, 5.41) is 0. The van der Waals surface area contributed by atoms with Gasteiger partial charge in [0.25, 0.3) is 5.91 Å². The van der Waals surface area contributed by atoms with Gasteiger partial charge in [-0.25, -0.2) is 9.97 Å². The van der Waals surface area contributed by atoms with Crippen LogP contribution in [0.4, 0.5) is 17.3 Å². The number of amides is 2. The third kappa shape index (κ3) is 3.87. The molecule has 0 aliphatic carbocycles. The van der Waals surface area contributed by atoms with Crippen molar-refractivity contribution < 1.29 is 14.0 Å². The Labute approximate surface area is 147 Å². The van der Waals surface area contributed by atoms with Crippen LogP contribution in [0.25, 0.3) is 0 Å². The SMILES string of the molecule is Nc1c(NNC(=O)c2ccccc2)ncnc1NNC(=O)c1ccco1. The molecule has 132 valence electrons. The molecule has 3 aromatic rings. The maximum atomic E-state index is 12.0. The van der Waals surface area contributed by atoms with Crippen LogP contribution in [0.1, 0.15) is 20.9 Å². The van der Waals surface area contributed by atoms with Crippen LogP contribution in [-0.4, -0.2) is 21.8 Å². The molecule has 0 saturated heterocycles. The summed E-state index contributed by atoms with van der Waals surface area (Å²) in [6.45, 7) is 0. The lowest BCUT2D eigenvalue weighted by Gasteiger charge is -2.13. The number of furan rings is 1. The molecule has 0 atom stereocenters. The maximum Gasteiger partial charge on any atom is 0.305 e. The number of nitrogens with two attached hydrogens (primary N) is 1. The van der Waals surface area contributed by atoms with E-state index in [0.29, 0.717) is 5.56 Å². The van der Waals surface area contributed by atoms with Gasteiger partial charge in [0.05, 0.1) is 6.26 Å². The van der Waals surface area contributed by atoms with Crippen molar-refractivity contribution in [2.75, 3.05) is 16.6 Å². The van der Waals surface area contributed by atoms with Crippen LogP contribution in [0.15, 0.2) is 59.5 Å². The van der Waals surface area contributed by atoms with Gasteiger partial charge < -0.3 is 10.2 Å². The topological polar surface area (TPSA) is 147 Å². The van der Waals surface area contributed by atoms with Crippen molar-refractivity contribution in [2.24, 2.45) is 0 Å². The number of hydrogen-bond donors (Lipinski definition) is 5. The molecule has 2 heterocycles. The number of nitrogen functional groups attached to an aromatic ring is 1. The van der Waals surface area contributed by atoms with E-state index in [2.05, 4.69) is 31.7 Å². The van der Waals surface area contributed by atoms with Crippen molar-refractivity contribution in [3.05, 3.63) is 66.4 Å². The van der Waals surface area contributed by atoms with E-state index in [1.807, 2.05) is 6.07 Å². The standard InChI is InChI=1S/C16H15N7O3/c17-12-13(20-22-15(24)10-5-2-1-3-6-10)18-9-19-14(12)21-23-16(25)11-7-4-8-26-11/h1-9H,17H2,(H,22,24)(H,23,25)(H2,18,19,20,21). The minimum absolute atomic E-state index is 0.0978. The van der Waals surface area contributed by atoms with E-state index in [1.165, 1.54) is 18.7 Å². The Kier molecular flexibility index (Phi) is 4.94. The average Bonchev–Trinajstić information content (AvgIpc) is 3.21. The van der Waals surface area contributed by atoms with Gasteiger partial charge in [-0.2, -0.15) is 0 Å². The smallest absolute Gasteiger partial charge is 0.305 e. The number of nitrogens with one attached hydrogen (secondary N) is 4. The molecule has 0 bridgehead atoms. The molecule has 0 saturated carbocycles. The van der Waals surface area contributed by atoms with E-state index in [1.54, 1.807) is 30.3 Å². The lowest BCUT2D eigenvalue weighted by molar-refractivity contribution is 0.0933. The molecule has 0 fully saturated rings. The number of anilines is 3. The quantitative estimate of drug-likeness (QED) is 0.415. The summed E-state index contributed by atoms with van der Waals surface area (Å²) in [5.74, 6) is -0.418. The summed E-state index contributed by atoms with van der Waals surface area (Å²) in [4.78, 5) is 31.7. The lowest BCUT2D eigenvalue weighted by atomic mass is 10.2. The zero-order valence-electron chi connectivity index (χ0n) is 13.4. The number of aromatic nitrogens is 2. The Hall–Kier alpha value is -4.08. The molecule has 1 aromatic carbocycles. The highest BCUT2D eigenvalue weighted by Gasteiger charge is 2.12. The van der Waals surface area contributed by atoms with Gasteiger partial charge in [0, 0.05) is 5.56 Å². The zero-order chi connectivity index (χ0) is 18.4. The number of benzene rings is 1. The average molecular weight is 353 g/mol. The van der Waals surface area contributed by atoms with Crippen molar-refractivity contribution >= 4 is 29.1 Å². The highest BCUT2D eigenvalue weighted by molar-refractivity contribution is 5.95. The Morgan fingerprint density at radius 3 is 2.15 bits per heavy atom. The zero-order valence-corrected chi connectivity index (χ0v) is 13.4. The Bertz CT molecular complexity index is 897. The molecule has 2 aromatic heterocycles. The molecule has 2 amide bonds. The normalized spacial score (nSPS) is 10.0. The van der Waals surface area contributed by atoms with Crippen LogP contribution in [0.5, 0.6) is 0 Å². The molecule has 26 heavy (non-hydrogen) atoms. The van der Waals surface area contributed by atoms with Crippen molar-refractivity contribution in [1.29, 1.82) is 0 Å². The Morgan fingerprint density at radius 2 is 1.54 bits per heavy atom. The van der Waals surface area contributed by atoms with E-state index >= 15 is 0 Å². The molecule has 0 unspecified atom stereocenters. The third-order valence-corrected chi connectivity index (χ3v) is 3.25. The summed E-state index contributed by atoms with van der Waals surface area (Å²) in [6, 6.07) is 11.7. The van der Waals surface area contributed by atoms with Crippen LogP contribution >= 0.6 is 0 Å². The first-order valence-corrected chi connectivity index (χ1v) is 7.47. The summed E-state index contributed by atoms with van der Waals surface area (Å²) in [5.41, 5.74) is 16.6. The predicted octanol–water partition coefficient (Wildman–Crippen LogP) is 1.17. The van der Waals surface area contributed by atoms with Gasteiger partial charge in [-0.3, -0.25) is 31.3 Å².